The van der Waals surface area contributed by atoms with E-state index in [0.29, 0.717) is 35.5 Å². The van der Waals surface area contributed by atoms with Crippen LogP contribution in [-0.4, -0.2) is 38.4 Å². The Morgan fingerprint density at radius 3 is 2.13 bits per heavy atom. The van der Waals surface area contributed by atoms with Gasteiger partial charge in [-0.15, -0.1) is 0 Å². The molecular weight excluding hydrogens is 386 g/mol. The SMILES string of the molecule is NCCN=C(c1ccccc1)c1c(O)n(-c2ccccc2)c2nc3ccccc3nc12. The van der Waals surface area contributed by atoms with Gasteiger partial charge in [-0.3, -0.25) is 9.56 Å². The number of hydrogen-bond donors (Lipinski definition) is 2. The zero-order valence-electron chi connectivity index (χ0n) is 16.8. The minimum Gasteiger partial charge on any atom is -0.494 e. The monoisotopic (exact) mass is 407 g/mol. The first-order chi connectivity index (χ1) is 15.3. The lowest BCUT2D eigenvalue weighted by Gasteiger charge is -2.08. The van der Waals surface area contributed by atoms with Gasteiger partial charge >= 0.3 is 0 Å². The van der Waals surface area contributed by atoms with E-state index in [1.54, 1.807) is 4.57 Å². The molecule has 0 unspecified atom stereocenters. The largest absolute Gasteiger partial charge is 0.494 e. The molecule has 0 amide bonds. The lowest BCUT2D eigenvalue weighted by molar-refractivity contribution is 0.444. The highest BCUT2D eigenvalue weighted by atomic mass is 16.3. The third-order valence-corrected chi connectivity index (χ3v) is 5.13. The van der Waals surface area contributed by atoms with Gasteiger partial charge in [-0.1, -0.05) is 60.7 Å². The van der Waals surface area contributed by atoms with Crippen LogP contribution in [0.2, 0.25) is 0 Å². The maximum Gasteiger partial charge on any atom is 0.209 e. The number of hydrogen-bond acceptors (Lipinski definition) is 5. The van der Waals surface area contributed by atoms with E-state index in [4.69, 9.17) is 20.7 Å². The number of aliphatic imine (C=N–C) groups is 1. The fraction of sp³-hybridized carbons (Fsp3) is 0.0800. The lowest BCUT2D eigenvalue weighted by atomic mass is 10.0. The number of aromatic nitrogens is 3. The molecule has 5 rings (SSSR count). The van der Waals surface area contributed by atoms with Gasteiger partial charge in [0.2, 0.25) is 5.88 Å². The van der Waals surface area contributed by atoms with Crippen molar-refractivity contribution in [3.8, 4) is 11.6 Å². The summed E-state index contributed by atoms with van der Waals surface area (Å²) in [6.07, 6.45) is 0. The summed E-state index contributed by atoms with van der Waals surface area (Å²) < 4.78 is 1.73. The number of nitrogens with zero attached hydrogens (tertiary/aromatic N) is 4. The molecule has 31 heavy (non-hydrogen) atoms. The topological polar surface area (TPSA) is 89.3 Å². The first kappa shape index (κ1) is 19.0. The Morgan fingerprint density at radius 1 is 0.839 bits per heavy atom. The molecule has 0 radical (unpaired) electrons. The molecule has 0 aliphatic rings. The molecule has 3 N–H and O–H groups in total. The van der Waals surface area contributed by atoms with E-state index in [0.717, 1.165) is 22.3 Å². The van der Waals surface area contributed by atoms with Crippen molar-refractivity contribution in [3.05, 3.63) is 96.1 Å². The molecule has 6 nitrogen and oxygen atoms in total. The van der Waals surface area contributed by atoms with Crippen LogP contribution < -0.4 is 5.73 Å². The Morgan fingerprint density at radius 2 is 1.45 bits per heavy atom. The molecule has 0 spiro atoms. The summed E-state index contributed by atoms with van der Waals surface area (Å²) in [6.45, 7) is 0.839. The van der Waals surface area contributed by atoms with Crippen molar-refractivity contribution < 1.29 is 5.11 Å². The van der Waals surface area contributed by atoms with Crippen molar-refractivity contribution in [1.82, 2.24) is 14.5 Å². The normalized spacial score (nSPS) is 12.0. The van der Waals surface area contributed by atoms with Crippen LogP contribution in [0.15, 0.2) is 89.9 Å². The first-order valence-electron chi connectivity index (χ1n) is 10.1. The maximum absolute atomic E-state index is 11.5. The molecule has 2 aromatic heterocycles. The number of nitrogens with two attached hydrogens (primary N) is 1. The van der Waals surface area contributed by atoms with Gasteiger partial charge in [-0.2, -0.15) is 0 Å². The third-order valence-electron chi connectivity index (χ3n) is 5.13. The Hall–Kier alpha value is -4.03. The summed E-state index contributed by atoms with van der Waals surface area (Å²) in [4.78, 5) is 14.5. The van der Waals surface area contributed by atoms with Crippen LogP contribution in [-0.2, 0) is 0 Å². The molecule has 2 heterocycles. The molecule has 0 saturated carbocycles. The summed E-state index contributed by atoms with van der Waals surface area (Å²) in [7, 11) is 0. The van der Waals surface area contributed by atoms with Gasteiger partial charge in [-0.25, -0.2) is 9.97 Å². The number of fused-ring (bicyclic) bond motifs is 2. The van der Waals surface area contributed by atoms with Crippen molar-refractivity contribution in [1.29, 1.82) is 0 Å². The highest BCUT2D eigenvalue weighted by molar-refractivity contribution is 6.20. The van der Waals surface area contributed by atoms with Crippen LogP contribution in [0.4, 0.5) is 0 Å². The number of para-hydroxylation sites is 3. The van der Waals surface area contributed by atoms with E-state index in [2.05, 4.69) is 0 Å². The predicted molar refractivity (Wildman–Crippen MR) is 124 cm³/mol. The van der Waals surface area contributed by atoms with E-state index >= 15 is 0 Å². The summed E-state index contributed by atoms with van der Waals surface area (Å²) in [5.41, 5.74) is 11.3. The van der Waals surface area contributed by atoms with Crippen molar-refractivity contribution in [2.75, 3.05) is 13.1 Å². The van der Waals surface area contributed by atoms with Crippen molar-refractivity contribution >= 4 is 27.9 Å². The highest BCUT2D eigenvalue weighted by Gasteiger charge is 2.25. The molecule has 0 aliphatic carbocycles. The van der Waals surface area contributed by atoms with E-state index in [1.807, 2.05) is 84.9 Å². The van der Waals surface area contributed by atoms with E-state index in [-0.39, 0.29) is 5.88 Å². The van der Waals surface area contributed by atoms with E-state index in [9.17, 15) is 5.11 Å². The summed E-state index contributed by atoms with van der Waals surface area (Å²) in [5.74, 6) is 0.0520. The molecule has 5 aromatic rings. The van der Waals surface area contributed by atoms with Gasteiger partial charge in [-0.05, 0) is 24.3 Å². The first-order valence-corrected chi connectivity index (χ1v) is 10.1. The maximum atomic E-state index is 11.5. The van der Waals surface area contributed by atoms with Gasteiger partial charge in [0.1, 0.15) is 5.52 Å². The fourth-order valence-corrected chi connectivity index (χ4v) is 3.76. The lowest BCUT2D eigenvalue weighted by Crippen LogP contribution is -2.09. The third kappa shape index (κ3) is 3.33. The van der Waals surface area contributed by atoms with Crippen LogP contribution in [0.25, 0.3) is 27.9 Å². The smallest absolute Gasteiger partial charge is 0.209 e. The molecule has 6 heteroatoms. The standard InChI is InChI=1S/C25H21N5O/c26-15-16-27-22(17-9-3-1-4-10-17)21-23-24(29-20-14-8-7-13-19(20)28-23)30(25(21)31)18-11-5-2-6-12-18/h1-14,31H,15-16,26H2. The number of rotatable bonds is 5. The van der Waals surface area contributed by atoms with Crippen LogP contribution in [0.1, 0.15) is 11.1 Å². The van der Waals surface area contributed by atoms with Crippen LogP contribution in [0.5, 0.6) is 5.88 Å². The molecule has 0 fully saturated rings. The fourth-order valence-electron chi connectivity index (χ4n) is 3.76. The molecule has 0 saturated heterocycles. The van der Waals surface area contributed by atoms with Gasteiger partial charge in [0.05, 0.1) is 34.5 Å². The summed E-state index contributed by atoms with van der Waals surface area (Å²) in [5, 5.41) is 11.5. The molecule has 0 bridgehead atoms. The second-order valence-electron chi connectivity index (χ2n) is 7.14. The molecule has 3 aromatic carbocycles. The van der Waals surface area contributed by atoms with Gasteiger partial charge in [0, 0.05) is 12.1 Å². The Kier molecular flexibility index (Phi) is 4.90. The van der Waals surface area contributed by atoms with Crippen molar-refractivity contribution in [3.63, 3.8) is 0 Å². The van der Waals surface area contributed by atoms with Gasteiger partial charge in [0.15, 0.2) is 5.65 Å². The molecule has 0 atom stereocenters. The van der Waals surface area contributed by atoms with Crippen LogP contribution in [0, 0.1) is 0 Å². The minimum atomic E-state index is 0.0520. The highest BCUT2D eigenvalue weighted by Crippen LogP contribution is 2.35. The number of aromatic hydroxyl groups is 1. The minimum absolute atomic E-state index is 0.0520. The average Bonchev–Trinajstić information content (AvgIpc) is 3.10. The predicted octanol–water partition coefficient (Wildman–Crippen LogP) is 4.08. The molecule has 152 valence electrons. The Bertz CT molecular complexity index is 1390. The van der Waals surface area contributed by atoms with Crippen LogP contribution in [0.3, 0.4) is 0 Å². The molecular formula is C25H21N5O. The van der Waals surface area contributed by atoms with E-state index < -0.39 is 0 Å². The zero-order valence-corrected chi connectivity index (χ0v) is 16.8. The molecule has 0 aliphatic heterocycles. The Balaban J connectivity index is 1.89. The van der Waals surface area contributed by atoms with Crippen LogP contribution >= 0.6 is 0 Å². The van der Waals surface area contributed by atoms with Gasteiger partial charge < -0.3 is 10.8 Å². The zero-order chi connectivity index (χ0) is 21.2. The van der Waals surface area contributed by atoms with Crippen molar-refractivity contribution in [2.24, 2.45) is 10.7 Å². The quantitative estimate of drug-likeness (QED) is 0.430. The van der Waals surface area contributed by atoms with Crippen molar-refractivity contribution in [2.45, 2.75) is 0 Å². The second kappa shape index (κ2) is 8.01. The average molecular weight is 407 g/mol. The Labute approximate surface area is 179 Å². The van der Waals surface area contributed by atoms with Gasteiger partial charge in [0.25, 0.3) is 0 Å². The summed E-state index contributed by atoms with van der Waals surface area (Å²) in [6, 6.07) is 27.1. The second-order valence-corrected chi connectivity index (χ2v) is 7.14. The summed E-state index contributed by atoms with van der Waals surface area (Å²) >= 11 is 0. The van der Waals surface area contributed by atoms with E-state index in [1.165, 1.54) is 0 Å². The number of benzene rings is 3.